The van der Waals surface area contributed by atoms with Crippen LogP contribution < -0.4 is 0 Å². The number of rotatable bonds is 4. The smallest absolute Gasteiger partial charge is 0.254 e. The second-order valence-electron chi connectivity index (χ2n) is 5.30. The molecule has 108 valence electrons. The molecule has 0 aliphatic heterocycles. The van der Waals surface area contributed by atoms with Gasteiger partial charge in [-0.15, -0.1) is 0 Å². The van der Waals surface area contributed by atoms with Crippen molar-refractivity contribution in [2.45, 2.75) is 25.4 Å². The van der Waals surface area contributed by atoms with E-state index in [-0.39, 0.29) is 11.7 Å². The van der Waals surface area contributed by atoms with Crippen molar-refractivity contribution in [2.24, 2.45) is 0 Å². The van der Waals surface area contributed by atoms with E-state index in [1.54, 1.807) is 12.1 Å². The first-order chi connectivity index (χ1) is 10.1. The molecule has 21 heavy (non-hydrogen) atoms. The molecule has 0 aromatic heterocycles. The number of amides is 1. The molecule has 0 unspecified atom stereocenters. The highest BCUT2D eigenvalue weighted by molar-refractivity contribution is 9.10. The van der Waals surface area contributed by atoms with Crippen molar-refractivity contribution in [1.29, 1.82) is 0 Å². The van der Waals surface area contributed by atoms with Crippen LogP contribution in [0.1, 0.15) is 28.8 Å². The monoisotopic (exact) mass is 347 g/mol. The summed E-state index contributed by atoms with van der Waals surface area (Å²) >= 11 is 3.39. The molecule has 1 fully saturated rings. The zero-order chi connectivity index (χ0) is 14.8. The normalized spacial score (nSPS) is 14.0. The Labute approximate surface area is 131 Å². The van der Waals surface area contributed by atoms with Crippen LogP contribution in [0.4, 0.5) is 4.39 Å². The largest absolute Gasteiger partial charge is 0.331 e. The van der Waals surface area contributed by atoms with Gasteiger partial charge in [0.15, 0.2) is 0 Å². The lowest BCUT2D eigenvalue weighted by Crippen LogP contribution is -2.32. The molecule has 0 saturated heterocycles. The molecule has 0 N–H and O–H groups in total. The van der Waals surface area contributed by atoms with Crippen molar-refractivity contribution in [3.05, 3.63) is 69.9 Å². The highest BCUT2D eigenvalue weighted by atomic mass is 79.9. The second-order valence-corrected chi connectivity index (χ2v) is 6.22. The van der Waals surface area contributed by atoms with Gasteiger partial charge in [0.1, 0.15) is 5.82 Å². The lowest BCUT2D eigenvalue weighted by atomic mass is 10.1. The molecule has 0 atom stereocenters. The minimum absolute atomic E-state index is 0.0307. The first-order valence-corrected chi connectivity index (χ1v) is 7.74. The molecule has 1 saturated carbocycles. The predicted octanol–water partition coefficient (Wildman–Crippen LogP) is 4.39. The number of nitrogens with zero attached hydrogens (tertiary/aromatic N) is 1. The molecule has 0 bridgehead atoms. The van der Waals surface area contributed by atoms with E-state index in [2.05, 4.69) is 15.9 Å². The van der Waals surface area contributed by atoms with Crippen LogP contribution in [0.25, 0.3) is 0 Å². The van der Waals surface area contributed by atoms with Crippen molar-refractivity contribution in [1.82, 2.24) is 4.90 Å². The van der Waals surface area contributed by atoms with E-state index >= 15 is 0 Å². The Morgan fingerprint density at radius 3 is 2.52 bits per heavy atom. The minimum Gasteiger partial charge on any atom is -0.331 e. The standard InChI is InChI=1S/C17H15BrFNO/c18-14-3-1-2-13(10-14)17(21)20(16-8-9-16)11-12-4-6-15(19)7-5-12/h1-7,10,16H,8-9,11H2. The third-order valence-electron chi connectivity index (χ3n) is 3.59. The first-order valence-electron chi connectivity index (χ1n) is 6.94. The molecule has 4 heteroatoms. The van der Waals surface area contributed by atoms with Crippen LogP contribution in [-0.2, 0) is 6.54 Å². The molecule has 2 nitrogen and oxygen atoms in total. The van der Waals surface area contributed by atoms with E-state index < -0.39 is 0 Å². The Kier molecular flexibility index (Phi) is 4.06. The van der Waals surface area contributed by atoms with Crippen molar-refractivity contribution in [3.8, 4) is 0 Å². The molecular formula is C17H15BrFNO. The van der Waals surface area contributed by atoms with Gasteiger partial charge in [0.05, 0.1) is 0 Å². The molecule has 0 heterocycles. The maximum Gasteiger partial charge on any atom is 0.254 e. The highest BCUT2D eigenvalue weighted by Crippen LogP contribution is 2.30. The van der Waals surface area contributed by atoms with Gasteiger partial charge in [-0.2, -0.15) is 0 Å². The van der Waals surface area contributed by atoms with Crippen LogP contribution in [-0.4, -0.2) is 16.8 Å². The zero-order valence-electron chi connectivity index (χ0n) is 11.4. The minimum atomic E-state index is -0.255. The third-order valence-corrected chi connectivity index (χ3v) is 4.08. The number of benzene rings is 2. The number of carbonyl (C=O) groups is 1. The van der Waals surface area contributed by atoms with Crippen LogP contribution >= 0.6 is 15.9 Å². The molecule has 0 spiro atoms. The average molecular weight is 348 g/mol. The summed E-state index contributed by atoms with van der Waals surface area (Å²) in [7, 11) is 0. The Bertz CT molecular complexity index is 652. The van der Waals surface area contributed by atoms with E-state index in [4.69, 9.17) is 0 Å². The lowest BCUT2D eigenvalue weighted by molar-refractivity contribution is 0.0730. The molecule has 1 aliphatic rings. The van der Waals surface area contributed by atoms with Gasteiger partial charge in [0.25, 0.3) is 5.91 Å². The number of hydrogen-bond donors (Lipinski definition) is 0. The van der Waals surface area contributed by atoms with E-state index in [9.17, 15) is 9.18 Å². The highest BCUT2D eigenvalue weighted by Gasteiger charge is 2.33. The summed E-state index contributed by atoms with van der Waals surface area (Å²) in [5.74, 6) is -0.224. The van der Waals surface area contributed by atoms with Crippen molar-refractivity contribution < 1.29 is 9.18 Å². The van der Waals surface area contributed by atoms with Gasteiger partial charge >= 0.3 is 0 Å². The molecule has 2 aromatic rings. The summed E-state index contributed by atoms with van der Waals surface area (Å²) in [6.07, 6.45) is 2.09. The fourth-order valence-corrected chi connectivity index (χ4v) is 2.73. The SMILES string of the molecule is O=C(c1cccc(Br)c1)N(Cc1ccc(F)cc1)C1CC1. The van der Waals surface area contributed by atoms with Crippen molar-refractivity contribution >= 4 is 21.8 Å². The van der Waals surface area contributed by atoms with Gasteiger partial charge < -0.3 is 4.90 Å². The molecule has 1 aliphatic carbocycles. The fraction of sp³-hybridized carbons (Fsp3) is 0.235. The first kappa shape index (κ1) is 14.3. The van der Waals surface area contributed by atoms with Gasteiger partial charge in [0.2, 0.25) is 0 Å². The molecule has 3 rings (SSSR count). The van der Waals surface area contributed by atoms with Gasteiger partial charge in [-0.25, -0.2) is 4.39 Å². The molecule has 2 aromatic carbocycles. The Hall–Kier alpha value is -1.68. The van der Waals surface area contributed by atoms with Crippen molar-refractivity contribution in [3.63, 3.8) is 0 Å². The summed E-state index contributed by atoms with van der Waals surface area (Å²) in [6, 6.07) is 14.1. The van der Waals surface area contributed by atoms with Crippen LogP contribution in [0, 0.1) is 5.82 Å². The summed E-state index contributed by atoms with van der Waals surface area (Å²) in [5, 5.41) is 0. The quantitative estimate of drug-likeness (QED) is 0.802. The van der Waals surface area contributed by atoms with Gasteiger partial charge in [-0.3, -0.25) is 4.79 Å². The molecule has 1 amide bonds. The van der Waals surface area contributed by atoms with Gasteiger partial charge in [-0.1, -0.05) is 34.1 Å². The van der Waals surface area contributed by atoms with Crippen LogP contribution in [0.3, 0.4) is 0 Å². The van der Waals surface area contributed by atoms with E-state index in [1.807, 2.05) is 29.2 Å². The lowest BCUT2D eigenvalue weighted by Gasteiger charge is -2.23. The molecular weight excluding hydrogens is 333 g/mol. The third kappa shape index (κ3) is 3.50. The fourth-order valence-electron chi connectivity index (χ4n) is 2.33. The van der Waals surface area contributed by atoms with Crippen molar-refractivity contribution in [2.75, 3.05) is 0 Å². The van der Waals surface area contributed by atoms with E-state index in [0.29, 0.717) is 18.2 Å². The number of carbonyl (C=O) groups excluding carboxylic acids is 1. The number of hydrogen-bond acceptors (Lipinski definition) is 1. The Morgan fingerprint density at radius 2 is 1.90 bits per heavy atom. The number of halogens is 2. The van der Waals surface area contributed by atoms with Crippen LogP contribution in [0.5, 0.6) is 0 Å². The second kappa shape index (κ2) is 5.98. The maximum atomic E-state index is 13.0. The van der Waals surface area contributed by atoms with E-state index in [1.165, 1.54) is 12.1 Å². The van der Waals surface area contributed by atoms with Crippen LogP contribution in [0.2, 0.25) is 0 Å². The molecule has 0 radical (unpaired) electrons. The predicted molar refractivity (Wildman–Crippen MR) is 83.4 cm³/mol. The van der Waals surface area contributed by atoms with Gasteiger partial charge in [-0.05, 0) is 48.7 Å². The maximum absolute atomic E-state index is 13.0. The van der Waals surface area contributed by atoms with E-state index in [0.717, 1.165) is 22.9 Å². The summed E-state index contributed by atoms with van der Waals surface area (Å²) < 4.78 is 13.9. The van der Waals surface area contributed by atoms with Crippen LogP contribution in [0.15, 0.2) is 53.0 Å². The summed E-state index contributed by atoms with van der Waals surface area (Å²) in [6.45, 7) is 0.524. The average Bonchev–Trinajstić information content (AvgIpc) is 3.30. The van der Waals surface area contributed by atoms with Gasteiger partial charge in [0, 0.05) is 22.6 Å². The summed E-state index contributed by atoms with van der Waals surface area (Å²) in [4.78, 5) is 14.6. The summed E-state index contributed by atoms with van der Waals surface area (Å²) in [5.41, 5.74) is 1.63. The Balaban J connectivity index is 1.81. The zero-order valence-corrected chi connectivity index (χ0v) is 13.0. The topological polar surface area (TPSA) is 20.3 Å². The Morgan fingerprint density at radius 1 is 1.19 bits per heavy atom.